The van der Waals surface area contributed by atoms with E-state index in [1.54, 1.807) is 12.1 Å². The Balaban J connectivity index is 1.57. The second-order valence-electron chi connectivity index (χ2n) is 6.64. The Morgan fingerprint density at radius 2 is 2.08 bits per heavy atom. The number of non-ortho nitro benzene ring substituents is 1. The van der Waals surface area contributed by atoms with Crippen LogP contribution in [-0.4, -0.2) is 65.7 Å². The molecule has 2 saturated heterocycles. The van der Waals surface area contributed by atoms with Gasteiger partial charge in [-0.25, -0.2) is 9.97 Å². The summed E-state index contributed by atoms with van der Waals surface area (Å²) in [6.45, 7) is 6.36. The van der Waals surface area contributed by atoms with E-state index < -0.39 is 0 Å². The molecule has 8 nitrogen and oxygen atoms in total. The molecule has 2 aromatic rings. The Morgan fingerprint density at radius 3 is 2.88 bits per heavy atom. The van der Waals surface area contributed by atoms with Crippen molar-refractivity contribution in [3.8, 4) is 0 Å². The number of rotatable bonds is 4. The van der Waals surface area contributed by atoms with Crippen LogP contribution in [0, 0.1) is 16.0 Å². The molecule has 0 radical (unpaired) electrons. The van der Waals surface area contributed by atoms with E-state index >= 15 is 0 Å². The summed E-state index contributed by atoms with van der Waals surface area (Å²) in [7, 11) is 0. The van der Waals surface area contributed by atoms with Crippen molar-refractivity contribution in [2.24, 2.45) is 5.92 Å². The van der Waals surface area contributed by atoms with E-state index in [9.17, 15) is 10.1 Å². The van der Waals surface area contributed by atoms with Gasteiger partial charge in [0.25, 0.3) is 5.69 Å². The third-order valence-electron chi connectivity index (χ3n) is 5.02. The van der Waals surface area contributed by atoms with Crippen LogP contribution < -0.4 is 4.90 Å². The van der Waals surface area contributed by atoms with Crippen LogP contribution in [0.25, 0.3) is 10.9 Å². The van der Waals surface area contributed by atoms with Gasteiger partial charge in [-0.15, -0.1) is 0 Å². The summed E-state index contributed by atoms with van der Waals surface area (Å²) in [4.78, 5) is 24.3. The van der Waals surface area contributed by atoms with Crippen LogP contribution >= 0.6 is 0 Å². The van der Waals surface area contributed by atoms with Gasteiger partial charge in [0.05, 0.1) is 23.7 Å². The lowest BCUT2D eigenvalue weighted by atomic mass is 10.1. The number of anilines is 1. The molecule has 0 spiro atoms. The molecular weight excluding hydrogens is 322 g/mol. The van der Waals surface area contributed by atoms with Crippen molar-refractivity contribution < 1.29 is 9.66 Å². The van der Waals surface area contributed by atoms with Gasteiger partial charge in [-0.1, -0.05) is 6.07 Å². The van der Waals surface area contributed by atoms with Crippen molar-refractivity contribution in [2.75, 3.05) is 50.8 Å². The van der Waals surface area contributed by atoms with Gasteiger partial charge in [-0.3, -0.25) is 15.0 Å². The van der Waals surface area contributed by atoms with E-state index in [0.717, 1.165) is 52.4 Å². The first kappa shape index (κ1) is 16.2. The molecule has 2 aliphatic heterocycles. The minimum Gasteiger partial charge on any atom is -0.379 e. The molecule has 132 valence electrons. The monoisotopic (exact) mass is 343 g/mol. The minimum absolute atomic E-state index is 0.0738. The highest BCUT2D eigenvalue weighted by atomic mass is 16.6. The van der Waals surface area contributed by atoms with Crippen molar-refractivity contribution >= 4 is 22.4 Å². The summed E-state index contributed by atoms with van der Waals surface area (Å²) in [5, 5.41) is 12.0. The lowest BCUT2D eigenvalue weighted by molar-refractivity contribution is -0.383. The van der Waals surface area contributed by atoms with Crippen molar-refractivity contribution in [2.45, 2.75) is 6.42 Å². The number of morpholine rings is 1. The molecule has 0 saturated carbocycles. The fraction of sp³-hybridized carbons (Fsp3) is 0.529. The number of hydrogen-bond donors (Lipinski definition) is 0. The van der Waals surface area contributed by atoms with Crippen LogP contribution in [0.15, 0.2) is 24.5 Å². The van der Waals surface area contributed by atoms with Gasteiger partial charge in [0, 0.05) is 38.8 Å². The summed E-state index contributed by atoms with van der Waals surface area (Å²) < 4.78 is 5.41. The first-order chi connectivity index (χ1) is 12.2. The number of nitrogens with zero attached hydrogens (tertiary/aromatic N) is 5. The molecule has 25 heavy (non-hydrogen) atoms. The van der Waals surface area contributed by atoms with Crippen molar-refractivity contribution in [1.29, 1.82) is 0 Å². The van der Waals surface area contributed by atoms with E-state index in [1.807, 2.05) is 0 Å². The molecule has 4 rings (SSSR count). The molecule has 1 aromatic carbocycles. The van der Waals surface area contributed by atoms with E-state index in [2.05, 4.69) is 19.8 Å². The van der Waals surface area contributed by atoms with Gasteiger partial charge in [-0.2, -0.15) is 0 Å². The molecule has 1 aromatic heterocycles. The van der Waals surface area contributed by atoms with Gasteiger partial charge in [0.1, 0.15) is 17.5 Å². The maximum atomic E-state index is 11.4. The van der Waals surface area contributed by atoms with Gasteiger partial charge >= 0.3 is 0 Å². The predicted molar refractivity (Wildman–Crippen MR) is 93.8 cm³/mol. The number of aromatic nitrogens is 2. The lowest BCUT2D eigenvalue weighted by Gasteiger charge is -2.29. The summed E-state index contributed by atoms with van der Waals surface area (Å²) in [5.41, 5.74) is 0.695. The second kappa shape index (κ2) is 6.89. The maximum Gasteiger partial charge on any atom is 0.282 e. The fourth-order valence-electron chi connectivity index (χ4n) is 3.79. The number of nitro benzene ring substituents is 1. The van der Waals surface area contributed by atoms with Crippen LogP contribution in [-0.2, 0) is 4.74 Å². The van der Waals surface area contributed by atoms with Crippen molar-refractivity contribution in [1.82, 2.24) is 14.9 Å². The van der Waals surface area contributed by atoms with Crippen molar-refractivity contribution in [3.63, 3.8) is 0 Å². The summed E-state index contributed by atoms with van der Waals surface area (Å²) >= 11 is 0. The van der Waals surface area contributed by atoms with Crippen molar-refractivity contribution in [3.05, 3.63) is 34.6 Å². The van der Waals surface area contributed by atoms with Crippen LogP contribution in [0.4, 0.5) is 11.5 Å². The smallest absolute Gasteiger partial charge is 0.282 e. The van der Waals surface area contributed by atoms with Gasteiger partial charge in [0.15, 0.2) is 0 Å². The average Bonchev–Trinajstić information content (AvgIpc) is 3.09. The van der Waals surface area contributed by atoms with Crippen LogP contribution in [0.5, 0.6) is 0 Å². The molecule has 8 heteroatoms. The Kier molecular flexibility index (Phi) is 4.46. The number of ether oxygens (including phenoxy) is 1. The third kappa shape index (κ3) is 3.27. The summed E-state index contributed by atoms with van der Waals surface area (Å²) in [5.74, 6) is 1.23. The Hall–Kier alpha value is -2.32. The van der Waals surface area contributed by atoms with E-state index in [0.29, 0.717) is 22.6 Å². The zero-order valence-corrected chi connectivity index (χ0v) is 14.0. The molecule has 1 atom stereocenters. The predicted octanol–water partition coefficient (Wildman–Crippen LogP) is 1.70. The summed E-state index contributed by atoms with van der Waals surface area (Å²) in [6, 6.07) is 4.99. The van der Waals surface area contributed by atoms with Crippen LogP contribution in [0.1, 0.15) is 6.42 Å². The largest absolute Gasteiger partial charge is 0.379 e. The van der Waals surface area contributed by atoms with Gasteiger partial charge < -0.3 is 9.64 Å². The molecule has 0 amide bonds. The highest BCUT2D eigenvalue weighted by molar-refractivity contribution is 5.97. The molecule has 0 N–H and O–H groups in total. The molecular formula is C17H21N5O3. The average molecular weight is 343 g/mol. The molecule has 3 heterocycles. The summed E-state index contributed by atoms with van der Waals surface area (Å²) in [6.07, 6.45) is 2.57. The minimum atomic E-state index is -0.351. The molecule has 1 unspecified atom stereocenters. The SMILES string of the molecule is O=[N+]([O-])c1cccc2ncnc(N3CCC(CN4CCOCC4)C3)c12. The maximum absolute atomic E-state index is 11.4. The normalized spacial score (nSPS) is 21.8. The molecule has 0 aliphatic carbocycles. The van der Waals surface area contributed by atoms with E-state index in [-0.39, 0.29) is 10.6 Å². The van der Waals surface area contributed by atoms with Gasteiger partial charge in [0.2, 0.25) is 0 Å². The standard InChI is InChI=1S/C17H21N5O3/c23-22(24)15-3-1-2-14-16(15)17(19-12-18-14)21-5-4-13(11-21)10-20-6-8-25-9-7-20/h1-3,12-13H,4-11H2. The highest BCUT2D eigenvalue weighted by Gasteiger charge is 2.29. The first-order valence-electron chi connectivity index (χ1n) is 8.65. The Bertz CT molecular complexity index is 773. The highest BCUT2D eigenvalue weighted by Crippen LogP contribution is 2.34. The quantitative estimate of drug-likeness (QED) is 0.617. The zero-order valence-electron chi connectivity index (χ0n) is 14.0. The second-order valence-corrected chi connectivity index (χ2v) is 6.64. The molecule has 2 aliphatic rings. The Labute approximate surface area is 145 Å². The first-order valence-corrected chi connectivity index (χ1v) is 8.65. The number of nitro groups is 1. The third-order valence-corrected chi connectivity index (χ3v) is 5.02. The number of benzene rings is 1. The number of hydrogen-bond acceptors (Lipinski definition) is 7. The van der Waals surface area contributed by atoms with Crippen LogP contribution in [0.3, 0.4) is 0 Å². The molecule has 2 fully saturated rings. The van der Waals surface area contributed by atoms with Crippen LogP contribution in [0.2, 0.25) is 0 Å². The topological polar surface area (TPSA) is 84.6 Å². The fourth-order valence-corrected chi connectivity index (χ4v) is 3.79. The van der Waals surface area contributed by atoms with Gasteiger partial charge in [-0.05, 0) is 18.4 Å². The van der Waals surface area contributed by atoms with E-state index in [4.69, 9.17) is 4.74 Å². The lowest BCUT2D eigenvalue weighted by Crippen LogP contribution is -2.39. The van der Waals surface area contributed by atoms with E-state index in [1.165, 1.54) is 12.4 Å². The Morgan fingerprint density at radius 1 is 1.24 bits per heavy atom. The number of fused-ring (bicyclic) bond motifs is 1. The molecule has 0 bridgehead atoms. The zero-order chi connectivity index (χ0) is 17.2.